The monoisotopic (exact) mass is 328 g/mol. The first kappa shape index (κ1) is 13.8. The molecule has 0 saturated heterocycles. The van der Waals surface area contributed by atoms with Crippen molar-refractivity contribution in [2.24, 2.45) is 0 Å². The number of imidazole rings is 1. The smallest absolute Gasteiger partial charge is 0.355 e. The van der Waals surface area contributed by atoms with Gasteiger partial charge in [-0.3, -0.25) is 0 Å². The van der Waals surface area contributed by atoms with E-state index < -0.39 is 5.97 Å². The number of carbonyl (C=O) groups excluding carboxylic acids is 1. The fourth-order valence-electron chi connectivity index (χ4n) is 2.55. The Morgan fingerprint density at radius 2 is 2.13 bits per heavy atom. The zero-order valence-corrected chi connectivity index (χ0v) is 13.2. The van der Waals surface area contributed by atoms with E-state index in [0.29, 0.717) is 27.1 Å². The molecular formula is C15H12N4O3S. The van der Waals surface area contributed by atoms with Crippen molar-refractivity contribution in [3.8, 4) is 16.5 Å². The Bertz CT molecular complexity index is 999. The molecule has 0 unspecified atom stereocenters. The van der Waals surface area contributed by atoms with E-state index in [0.717, 1.165) is 10.9 Å². The molecule has 0 spiro atoms. The molecule has 4 rings (SSSR count). The maximum absolute atomic E-state index is 12.1. The highest BCUT2D eigenvalue weighted by atomic mass is 32.1. The topological polar surface area (TPSA) is 81.5 Å². The average molecular weight is 328 g/mol. The minimum Gasteiger partial charge on any atom is -0.472 e. The first-order valence-corrected chi connectivity index (χ1v) is 7.62. The second-order valence-corrected chi connectivity index (χ2v) is 5.76. The SMILES string of the molecule is COC(=O)c1[nH]c2ccccc2c1-c1cn2nc(OC)sc2n1. The number of nitrogens with zero attached hydrogens (tertiary/aromatic N) is 3. The van der Waals surface area contributed by atoms with Crippen molar-refractivity contribution in [1.82, 2.24) is 19.6 Å². The van der Waals surface area contributed by atoms with Crippen LogP contribution in [0.1, 0.15) is 10.5 Å². The molecule has 3 heterocycles. The number of aromatic nitrogens is 4. The summed E-state index contributed by atoms with van der Waals surface area (Å²) in [6.45, 7) is 0. The highest BCUT2D eigenvalue weighted by Crippen LogP contribution is 2.33. The van der Waals surface area contributed by atoms with Crippen LogP contribution in [0.5, 0.6) is 5.19 Å². The van der Waals surface area contributed by atoms with Gasteiger partial charge in [0.2, 0.25) is 4.96 Å². The molecule has 7 nitrogen and oxygen atoms in total. The van der Waals surface area contributed by atoms with Gasteiger partial charge in [0, 0.05) is 16.5 Å². The Labute approximate surface area is 134 Å². The second-order valence-electron chi connectivity index (χ2n) is 4.84. The molecule has 0 bridgehead atoms. The fraction of sp³-hybridized carbons (Fsp3) is 0.133. The lowest BCUT2D eigenvalue weighted by molar-refractivity contribution is 0.0596. The van der Waals surface area contributed by atoms with Gasteiger partial charge in [0.25, 0.3) is 5.19 Å². The number of carbonyl (C=O) groups is 1. The molecule has 3 aromatic heterocycles. The van der Waals surface area contributed by atoms with Crippen molar-refractivity contribution in [2.75, 3.05) is 14.2 Å². The van der Waals surface area contributed by atoms with Crippen LogP contribution in [-0.2, 0) is 4.74 Å². The van der Waals surface area contributed by atoms with E-state index in [-0.39, 0.29) is 0 Å². The lowest BCUT2D eigenvalue weighted by atomic mass is 10.1. The first-order valence-electron chi connectivity index (χ1n) is 6.81. The molecule has 1 N–H and O–H groups in total. The minimum atomic E-state index is -0.432. The van der Waals surface area contributed by atoms with Gasteiger partial charge in [-0.2, -0.15) is 0 Å². The number of ether oxygens (including phenoxy) is 2. The number of methoxy groups -OCH3 is 2. The van der Waals surface area contributed by atoms with E-state index in [2.05, 4.69) is 15.1 Å². The van der Waals surface area contributed by atoms with Crippen LogP contribution < -0.4 is 4.74 Å². The van der Waals surface area contributed by atoms with E-state index >= 15 is 0 Å². The third-order valence-corrected chi connectivity index (χ3v) is 4.43. The van der Waals surface area contributed by atoms with E-state index in [1.807, 2.05) is 24.3 Å². The summed E-state index contributed by atoms with van der Waals surface area (Å²) < 4.78 is 11.6. The lowest BCUT2D eigenvalue weighted by Gasteiger charge is -1.99. The van der Waals surface area contributed by atoms with Gasteiger partial charge < -0.3 is 14.5 Å². The maximum Gasteiger partial charge on any atom is 0.355 e. The van der Waals surface area contributed by atoms with Gasteiger partial charge in [-0.25, -0.2) is 14.3 Å². The molecular weight excluding hydrogens is 316 g/mol. The molecule has 0 radical (unpaired) electrons. The molecule has 4 aromatic rings. The molecule has 1 aromatic carbocycles. The predicted molar refractivity (Wildman–Crippen MR) is 86.0 cm³/mol. The van der Waals surface area contributed by atoms with E-state index in [1.54, 1.807) is 17.8 Å². The summed E-state index contributed by atoms with van der Waals surface area (Å²) in [5.41, 5.74) is 2.60. The number of esters is 1. The number of nitrogens with one attached hydrogen (secondary N) is 1. The molecule has 0 amide bonds. The van der Waals surface area contributed by atoms with E-state index in [4.69, 9.17) is 9.47 Å². The van der Waals surface area contributed by atoms with Crippen LogP contribution in [0, 0.1) is 0 Å². The predicted octanol–water partition coefficient (Wildman–Crippen LogP) is 2.73. The summed E-state index contributed by atoms with van der Waals surface area (Å²) in [7, 11) is 2.92. The molecule has 0 aliphatic rings. The summed E-state index contributed by atoms with van der Waals surface area (Å²) >= 11 is 1.33. The van der Waals surface area contributed by atoms with Crippen molar-refractivity contribution in [3.05, 3.63) is 36.2 Å². The van der Waals surface area contributed by atoms with Gasteiger partial charge in [-0.1, -0.05) is 18.2 Å². The maximum atomic E-state index is 12.1. The lowest BCUT2D eigenvalue weighted by Crippen LogP contribution is -2.03. The molecule has 0 saturated carbocycles. The second kappa shape index (κ2) is 5.10. The molecule has 116 valence electrons. The van der Waals surface area contributed by atoms with Crippen molar-refractivity contribution in [1.29, 1.82) is 0 Å². The zero-order chi connectivity index (χ0) is 16.0. The number of hydrogen-bond acceptors (Lipinski definition) is 6. The molecule has 23 heavy (non-hydrogen) atoms. The highest BCUT2D eigenvalue weighted by molar-refractivity contribution is 7.18. The summed E-state index contributed by atoms with van der Waals surface area (Å²) in [4.78, 5) is 20.5. The Balaban J connectivity index is 1.97. The molecule has 0 aliphatic heterocycles. The zero-order valence-electron chi connectivity index (χ0n) is 12.4. The minimum absolute atomic E-state index is 0.381. The third kappa shape index (κ3) is 2.07. The highest BCUT2D eigenvalue weighted by Gasteiger charge is 2.22. The number of aromatic amines is 1. The number of H-pyrrole nitrogens is 1. The van der Waals surface area contributed by atoms with Crippen LogP contribution in [0.15, 0.2) is 30.5 Å². The Hall–Kier alpha value is -2.87. The Morgan fingerprint density at radius 3 is 2.87 bits per heavy atom. The summed E-state index contributed by atoms with van der Waals surface area (Å²) in [6.07, 6.45) is 1.77. The van der Waals surface area contributed by atoms with Gasteiger partial charge in [0.05, 0.1) is 26.1 Å². The van der Waals surface area contributed by atoms with E-state index in [9.17, 15) is 4.79 Å². The molecule has 0 atom stereocenters. The largest absolute Gasteiger partial charge is 0.472 e. The number of hydrogen-bond donors (Lipinski definition) is 1. The normalized spacial score (nSPS) is 11.2. The molecule has 0 aliphatic carbocycles. The van der Waals surface area contributed by atoms with Crippen LogP contribution in [0.25, 0.3) is 27.1 Å². The standard InChI is InChI=1S/C15H12N4O3S/c1-21-13(20)12-11(8-5-3-4-6-9(8)16-12)10-7-19-14(17-10)23-15(18-19)22-2/h3-7,16H,1-2H3. The van der Waals surface area contributed by atoms with Crippen LogP contribution in [-0.4, -0.2) is 39.8 Å². The van der Waals surface area contributed by atoms with E-state index in [1.165, 1.54) is 18.4 Å². The van der Waals surface area contributed by atoms with Gasteiger partial charge in [0.15, 0.2) is 0 Å². The van der Waals surface area contributed by atoms with Crippen molar-refractivity contribution in [3.63, 3.8) is 0 Å². The number of para-hydroxylation sites is 1. The fourth-order valence-corrected chi connectivity index (χ4v) is 3.25. The average Bonchev–Trinajstić information content (AvgIpc) is 3.23. The quantitative estimate of drug-likeness (QED) is 0.585. The van der Waals surface area contributed by atoms with Crippen LogP contribution >= 0.6 is 11.3 Å². The van der Waals surface area contributed by atoms with Crippen molar-refractivity contribution >= 4 is 33.2 Å². The van der Waals surface area contributed by atoms with Crippen LogP contribution in [0.2, 0.25) is 0 Å². The van der Waals surface area contributed by atoms with Gasteiger partial charge >= 0.3 is 5.97 Å². The van der Waals surface area contributed by atoms with Gasteiger partial charge in [-0.15, -0.1) is 5.10 Å². The summed E-state index contributed by atoms with van der Waals surface area (Å²) in [6, 6.07) is 7.67. The van der Waals surface area contributed by atoms with Crippen LogP contribution in [0.4, 0.5) is 0 Å². The number of fused-ring (bicyclic) bond motifs is 2. The Morgan fingerprint density at radius 1 is 1.30 bits per heavy atom. The molecule has 8 heteroatoms. The Kier molecular flexibility index (Phi) is 3.05. The van der Waals surface area contributed by atoms with Gasteiger partial charge in [-0.05, 0) is 17.4 Å². The summed E-state index contributed by atoms with van der Waals surface area (Å²) in [5, 5.41) is 5.70. The van der Waals surface area contributed by atoms with Crippen molar-refractivity contribution in [2.45, 2.75) is 0 Å². The van der Waals surface area contributed by atoms with Gasteiger partial charge in [0.1, 0.15) is 5.69 Å². The third-order valence-electron chi connectivity index (χ3n) is 3.55. The van der Waals surface area contributed by atoms with Crippen molar-refractivity contribution < 1.29 is 14.3 Å². The molecule has 0 fully saturated rings. The number of rotatable bonds is 3. The van der Waals surface area contributed by atoms with Crippen LogP contribution in [0.3, 0.4) is 0 Å². The summed E-state index contributed by atoms with van der Waals surface area (Å²) in [5.74, 6) is -0.432. The number of benzene rings is 1. The first-order chi connectivity index (χ1) is 11.2.